The van der Waals surface area contributed by atoms with E-state index in [4.69, 9.17) is 19.4 Å². The van der Waals surface area contributed by atoms with Crippen molar-refractivity contribution in [2.45, 2.75) is 26.4 Å². The minimum Gasteiger partial charge on any atom is -0.365 e. The minimum absolute atomic E-state index is 0.0415. The van der Waals surface area contributed by atoms with Crippen LogP contribution in [-0.4, -0.2) is 51.6 Å². The topological polar surface area (TPSA) is 223 Å². The lowest BCUT2D eigenvalue weighted by atomic mass is 10.2. The number of hydrogen-bond acceptors (Lipinski definition) is 9. The fourth-order valence-corrected chi connectivity index (χ4v) is 5.47. The predicted molar refractivity (Wildman–Crippen MR) is 91.3 cm³/mol. The third-order valence-corrected chi connectivity index (χ3v) is 7.01. The van der Waals surface area contributed by atoms with Gasteiger partial charge in [0.1, 0.15) is 12.2 Å². The van der Waals surface area contributed by atoms with Gasteiger partial charge in [0.25, 0.3) is 5.56 Å². The second-order valence-corrected chi connectivity index (χ2v) is 10.4. The monoisotopic (exact) mass is 462 g/mol. The molecule has 0 aliphatic rings. The number of aryl methyl sites for hydroxylation is 1. The Morgan fingerprint density at radius 2 is 1.86 bits per heavy atom. The molecule has 0 fully saturated rings. The predicted octanol–water partition coefficient (Wildman–Crippen LogP) is 0.0428. The molecule has 0 spiro atoms. The van der Waals surface area contributed by atoms with Crippen LogP contribution in [-0.2, 0) is 33.5 Å². The van der Waals surface area contributed by atoms with Crippen LogP contribution in [0, 0.1) is 6.92 Å². The number of ether oxygens (including phenoxy) is 1. The highest BCUT2D eigenvalue weighted by Gasteiger charge is 2.39. The lowest BCUT2D eigenvalue weighted by Gasteiger charge is -2.18. The first-order valence-electron chi connectivity index (χ1n) is 7.35. The molecule has 2 aromatic rings. The molecule has 2 heterocycles. The number of nitrogens with one attached hydrogen (secondary N) is 1. The maximum atomic E-state index is 11.8. The van der Waals surface area contributed by atoms with E-state index in [1.807, 2.05) is 0 Å². The normalized spacial score (nSPS) is 17.9. The summed E-state index contributed by atoms with van der Waals surface area (Å²) in [7, 11) is -15.9. The molecule has 158 valence electrons. The van der Waals surface area contributed by atoms with Crippen LogP contribution in [0.5, 0.6) is 0 Å². The molecular formula is C10H17N4O11P3. The third-order valence-electron chi connectivity index (χ3n) is 3.02. The molecule has 3 unspecified atom stereocenters. The summed E-state index contributed by atoms with van der Waals surface area (Å²) in [6.45, 7) is 3.06. The maximum Gasteiger partial charge on any atom is 0.488 e. The largest absolute Gasteiger partial charge is 0.488 e. The van der Waals surface area contributed by atoms with Crippen LogP contribution in [0.15, 0.2) is 11.0 Å². The van der Waals surface area contributed by atoms with Gasteiger partial charge in [0.15, 0.2) is 0 Å². The van der Waals surface area contributed by atoms with Gasteiger partial charge in [0.2, 0.25) is 5.65 Å². The molecule has 0 aliphatic heterocycles. The lowest BCUT2D eigenvalue weighted by molar-refractivity contribution is 0.0867. The SMILES string of the molecule is Cc1nn2c(CC(C)OCP(=O)(O)OP(=O)(O)OP(=O)(O)O)cnc2c(=O)[nH]1. The van der Waals surface area contributed by atoms with Gasteiger partial charge in [0, 0.05) is 6.42 Å². The van der Waals surface area contributed by atoms with Crippen LogP contribution in [0.25, 0.3) is 5.65 Å². The van der Waals surface area contributed by atoms with Crippen LogP contribution in [0.2, 0.25) is 0 Å². The summed E-state index contributed by atoms with van der Waals surface area (Å²) in [5.41, 5.74) is 0.0344. The fraction of sp³-hybridized carbons (Fsp3) is 0.500. The van der Waals surface area contributed by atoms with Crippen LogP contribution in [0.4, 0.5) is 0 Å². The van der Waals surface area contributed by atoms with Gasteiger partial charge in [-0.1, -0.05) is 0 Å². The highest BCUT2D eigenvalue weighted by Crippen LogP contribution is 2.65. The van der Waals surface area contributed by atoms with Gasteiger partial charge < -0.3 is 29.3 Å². The van der Waals surface area contributed by atoms with Crippen LogP contribution in [0.3, 0.4) is 0 Å². The molecule has 18 heteroatoms. The molecule has 0 radical (unpaired) electrons. The van der Waals surface area contributed by atoms with Crippen molar-refractivity contribution >= 4 is 28.9 Å². The molecular weight excluding hydrogens is 445 g/mol. The van der Waals surface area contributed by atoms with E-state index >= 15 is 0 Å². The summed E-state index contributed by atoms with van der Waals surface area (Å²) >= 11 is 0. The van der Waals surface area contributed by atoms with Crippen LogP contribution >= 0.6 is 23.2 Å². The zero-order chi connectivity index (χ0) is 21.3. The van der Waals surface area contributed by atoms with Crippen molar-refractivity contribution < 1.29 is 46.6 Å². The van der Waals surface area contributed by atoms with E-state index in [-0.39, 0.29) is 12.1 Å². The van der Waals surface area contributed by atoms with Crippen LogP contribution < -0.4 is 5.56 Å². The zero-order valence-corrected chi connectivity index (χ0v) is 17.1. The molecule has 0 amide bonds. The summed E-state index contributed by atoms with van der Waals surface area (Å²) in [6, 6.07) is 0. The number of hydrogen-bond donors (Lipinski definition) is 5. The molecule has 0 bridgehead atoms. The van der Waals surface area contributed by atoms with Crippen molar-refractivity contribution in [3.8, 4) is 0 Å². The Balaban J connectivity index is 2.01. The van der Waals surface area contributed by atoms with Gasteiger partial charge in [-0.05, 0) is 13.8 Å². The first kappa shape index (κ1) is 23.0. The summed E-state index contributed by atoms with van der Waals surface area (Å²) in [6.07, 6.45) is -0.382. The van der Waals surface area contributed by atoms with Crippen molar-refractivity contribution in [1.29, 1.82) is 0 Å². The Morgan fingerprint density at radius 3 is 2.46 bits per heavy atom. The summed E-state index contributed by atoms with van der Waals surface area (Å²) in [5.74, 6) is 0.335. The molecule has 0 saturated carbocycles. The van der Waals surface area contributed by atoms with Gasteiger partial charge in [-0.15, -0.1) is 0 Å². The van der Waals surface area contributed by atoms with Crippen molar-refractivity contribution in [3.63, 3.8) is 0 Å². The molecule has 3 atom stereocenters. The second-order valence-electron chi connectivity index (χ2n) is 5.59. The van der Waals surface area contributed by atoms with Gasteiger partial charge in [-0.3, -0.25) is 9.36 Å². The molecule has 0 aromatic carbocycles. The van der Waals surface area contributed by atoms with Crippen molar-refractivity contribution in [2.24, 2.45) is 0 Å². The average Bonchev–Trinajstić information content (AvgIpc) is 2.84. The summed E-state index contributed by atoms with van der Waals surface area (Å²) in [4.78, 5) is 53.8. The number of nitrogens with zero attached hydrogens (tertiary/aromatic N) is 3. The fourth-order valence-electron chi connectivity index (χ4n) is 2.09. The Kier molecular flexibility index (Phi) is 6.79. The van der Waals surface area contributed by atoms with Gasteiger partial charge >= 0.3 is 23.2 Å². The Labute approximate surface area is 156 Å². The standard InChI is InChI=1S/C10H17N4O11P3/c1-6(3-8-4-11-9-10(15)12-7(2)13-14(8)9)23-5-26(16,17)24-28(21,22)25-27(18,19)20/h4,6H,3,5H2,1-2H3,(H,16,17)(H,21,22)(H,12,13,15)(H2,18,19,20). The Hall–Kier alpha value is -1.24. The lowest BCUT2D eigenvalue weighted by Crippen LogP contribution is -2.18. The molecule has 2 aromatic heterocycles. The average molecular weight is 462 g/mol. The number of fused-ring (bicyclic) bond motifs is 1. The summed E-state index contributed by atoms with van der Waals surface area (Å²) < 4.78 is 47.4. The van der Waals surface area contributed by atoms with Crippen molar-refractivity contribution in [1.82, 2.24) is 19.6 Å². The van der Waals surface area contributed by atoms with E-state index in [0.29, 0.717) is 11.5 Å². The van der Waals surface area contributed by atoms with Gasteiger partial charge in [-0.2, -0.15) is 9.41 Å². The number of rotatable bonds is 9. The number of imidazole rings is 1. The number of H-pyrrole nitrogens is 1. The van der Waals surface area contributed by atoms with E-state index in [1.54, 1.807) is 6.92 Å². The highest BCUT2D eigenvalue weighted by molar-refractivity contribution is 7.68. The minimum atomic E-state index is -5.51. The van der Waals surface area contributed by atoms with E-state index in [2.05, 4.69) is 23.7 Å². The number of phosphoric acid groups is 2. The third kappa shape index (κ3) is 6.68. The molecule has 0 saturated heterocycles. The second kappa shape index (κ2) is 8.25. The van der Waals surface area contributed by atoms with Gasteiger partial charge in [0.05, 0.1) is 18.0 Å². The summed E-state index contributed by atoms with van der Waals surface area (Å²) in [5, 5.41) is 4.09. The van der Waals surface area contributed by atoms with E-state index < -0.39 is 41.3 Å². The van der Waals surface area contributed by atoms with Crippen molar-refractivity contribution in [2.75, 3.05) is 6.35 Å². The highest BCUT2D eigenvalue weighted by atomic mass is 31.3. The van der Waals surface area contributed by atoms with Crippen molar-refractivity contribution in [3.05, 3.63) is 28.1 Å². The number of aromatic amines is 1. The van der Waals surface area contributed by atoms with E-state index in [0.717, 1.165) is 0 Å². The quantitative estimate of drug-likeness (QED) is 0.311. The zero-order valence-electron chi connectivity index (χ0n) is 14.4. The molecule has 28 heavy (non-hydrogen) atoms. The molecule has 0 aliphatic carbocycles. The van der Waals surface area contributed by atoms with E-state index in [9.17, 15) is 23.4 Å². The smallest absolute Gasteiger partial charge is 0.365 e. The molecule has 2 rings (SSSR count). The maximum absolute atomic E-state index is 11.8. The van der Waals surface area contributed by atoms with E-state index in [1.165, 1.54) is 17.6 Å². The first-order valence-corrected chi connectivity index (χ1v) is 12.1. The Bertz CT molecular complexity index is 1060. The Morgan fingerprint density at radius 1 is 1.21 bits per heavy atom. The van der Waals surface area contributed by atoms with Gasteiger partial charge in [-0.25, -0.2) is 22.9 Å². The first-order chi connectivity index (χ1) is 12.7. The molecule has 15 nitrogen and oxygen atoms in total. The van der Waals surface area contributed by atoms with Crippen LogP contribution in [0.1, 0.15) is 18.4 Å². The number of aromatic nitrogens is 4. The molecule has 5 N–H and O–H groups in total.